The lowest BCUT2D eigenvalue weighted by molar-refractivity contribution is 0.660. The van der Waals surface area contributed by atoms with Crippen LogP contribution in [-0.4, -0.2) is 0 Å². The SMILES string of the molecule is CC1(C)c2ccccc2-c2cc(N(C3=CCC(c4ccccc4)C=C3)c3cccc(-c4ccccc4)c3-c3cccc(-c4ccccc4)c3)ccc21. The summed E-state index contributed by atoms with van der Waals surface area (Å²) in [5, 5.41) is 0. The summed E-state index contributed by atoms with van der Waals surface area (Å²) in [6.07, 6.45) is 8.10. The molecule has 1 heteroatoms. The Morgan fingerprint density at radius 2 is 1.12 bits per heavy atom. The zero-order valence-electron chi connectivity index (χ0n) is 29.7. The smallest absolute Gasteiger partial charge is 0.0546 e. The standard InChI is InChI=1S/C51H41N/c1-51(2)47-26-13-12-24-45(47)46-35-43(32-33-48(46)51)52(42-30-28-38(29-31-42)36-16-6-3-7-17-36)49-27-15-25-44(39-20-10-5-11-21-39)50(49)41-23-14-22-40(34-41)37-18-8-4-9-19-37/h3-28,30-35,38H,29H2,1-2H3. The summed E-state index contributed by atoms with van der Waals surface area (Å²) >= 11 is 0. The molecule has 0 N–H and O–H groups in total. The third-order valence-electron chi connectivity index (χ3n) is 11.0. The normalized spacial score (nSPS) is 15.4. The van der Waals surface area contributed by atoms with E-state index in [1.54, 1.807) is 0 Å². The zero-order valence-corrected chi connectivity index (χ0v) is 29.7. The molecule has 7 aromatic carbocycles. The van der Waals surface area contributed by atoms with Crippen LogP contribution in [0.1, 0.15) is 42.9 Å². The van der Waals surface area contributed by atoms with Crippen molar-refractivity contribution in [1.82, 2.24) is 0 Å². The zero-order chi connectivity index (χ0) is 35.1. The van der Waals surface area contributed by atoms with Crippen molar-refractivity contribution in [3.05, 3.63) is 217 Å². The topological polar surface area (TPSA) is 3.24 Å². The second-order valence-electron chi connectivity index (χ2n) is 14.5. The third kappa shape index (κ3) is 5.60. The molecule has 250 valence electrons. The lowest BCUT2D eigenvalue weighted by Crippen LogP contribution is -2.19. The van der Waals surface area contributed by atoms with Crippen LogP contribution in [0.15, 0.2) is 200 Å². The van der Waals surface area contributed by atoms with E-state index in [9.17, 15) is 0 Å². The van der Waals surface area contributed by atoms with Gasteiger partial charge in [0.2, 0.25) is 0 Å². The van der Waals surface area contributed by atoms with Gasteiger partial charge in [-0.2, -0.15) is 0 Å². The second-order valence-corrected chi connectivity index (χ2v) is 14.5. The molecule has 0 spiro atoms. The number of benzene rings is 7. The van der Waals surface area contributed by atoms with Crippen LogP contribution < -0.4 is 4.90 Å². The summed E-state index contributed by atoms with van der Waals surface area (Å²) in [6, 6.07) is 64.3. The molecule has 52 heavy (non-hydrogen) atoms. The Morgan fingerprint density at radius 3 is 1.87 bits per heavy atom. The fraction of sp³-hybridized carbons (Fsp3) is 0.0980. The molecule has 0 amide bonds. The highest BCUT2D eigenvalue weighted by Gasteiger charge is 2.36. The maximum atomic E-state index is 2.50. The number of anilines is 2. The highest BCUT2D eigenvalue weighted by atomic mass is 15.1. The van der Waals surface area contributed by atoms with Crippen LogP contribution in [0, 0.1) is 0 Å². The van der Waals surface area contributed by atoms with Crippen molar-refractivity contribution in [2.75, 3.05) is 4.90 Å². The monoisotopic (exact) mass is 667 g/mol. The summed E-state index contributed by atoms with van der Waals surface area (Å²) in [6.45, 7) is 4.71. The third-order valence-corrected chi connectivity index (χ3v) is 11.0. The average molecular weight is 668 g/mol. The number of hydrogen-bond acceptors (Lipinski definition) is 1. The van der Waals surface area contributed by atoms with E-state index in [0.717, 1.165) is 17.8 Å². The summed E-state index contributed by atoms with van der Waals surface area (Å²) in [5.74, 6) is 0.345. The van der Waals surface area contributed by atoms with Crippen LogP contribution in [0.25, 0.3) is 44.5 Å². The Morgan fingerprint density at radius 1 is 0.500 bits per heavy atom. The molecule has 0 radical (unpaired) electrons. The minimum absolute atomic E-state index is 0.0571. The molecule has 9 rings (SSSR count). The molecule has 0 aliphatic heterocycles. The Kier molecular flexibility index (Phi) is 8.05. The van der Waals surface area contributed by atoms with E-state index in [1.807, 2.05) is 0 Å². The molecule has 0 saturated heterocycles. The van der Waals surface area contributed by atoms with Gasteiger partial charge in [0.25, 0.3) is 0 Å². The van der Waals surface area contributed by atoms with Gasteiger partial charge < -0.3 is 4.90 Å². The molecule has 2 aliphatic carbocycles. The molecule has 0 fully saturated rings. The predicted octanol–water partition coefficient (Wildman–Crippen LogP) is 13.8. The summed E-state index contributed by atoms with van der Waals surface area (Å²) in [5.41, 5.74) is 17.4. The van der Waals surface area contributed by atoms with Gasteiger partial charge in [0.1, 0.15) is 0 Å². The van der Waals surface area contributed by atoms with Crippen molar-refractivity contribution in [2.45, 2.75) is 31.6 Å². The van der Waals surface area contributed by atoms with Crippen molar-refractivity contribution >= 4 is 11.4 Å². The van der Waals surface area contributed by atoms with Crippen molar-refractivity contribution < 1.29 is 0 Å². The molecule has 1 atom stereocenters. The summed E-state index contributed by atoms with van der Waals surface area (Å²) < 4.78 is 0. The van der Waals surface area contributed by atoms with Crippen LogP contribution in [0.5, 0.6) is 0 Å². The average Bonchev–Trinajstić information content (AvgIpc) is 3.44. The Balaban J connectivity index is 1.27. The lowest BCUT2D eigenvalue weighted by Gasteiger charge is -2.32. The molecule has 0 heterocycles. The van der Waals surface area contributed by atoms with Gasteiger partial charge in [0.15, 0.2) is 0 Å². The predicted molar refractivity (Wildman–Crippen MR) is 220 cm³/mol. The van der Waals surface area contributed by atoms with E-state index in [-0.39, 0.29) is 5.41 Å². The lowest BCUT2D eigenvalue weighted by atomic mass is 9.82. The molecular formula is C51H41N. The molecule has 2 aliphatic rings. The maximum Gasteiger partial charge on any atom is 0.0546 e. The minimum atomic E-state index is -0.0571. The first-order chi connectivity index (χ1) is 25.6. The van der Waals surface area contributed by atoms with Gasteiger partial charge in [0, 0.05) is 28.3 Å². The van der Waals surface area contributed by atoms with Crippen molar-refractivity contribution in [3.63, 3.8) is 0 Å². The van der Waals surface area contributed by atoms with Crippen LogP contribution in [0.4, 0.5) is 11.4 Å². The molecule has 0 aromatic heterocycles. The first kappa shape index (κ1) is 31.8. The van der Waals surface area contributed by atoms with Gasteiger partial charge in [-0.3, -0.25) is 0 Å². The van der Waals surface area contributed by atoms with Crippen molar-refractivity contribution in [1.29, 1.82) is 0 Å². The molecule has 1 nitrogen and oxygen atoms in total. The van der Waals surface area contributed by atoms with E-state index >= 15 is 0 Å². The molecular weight excluding hydrogens is 627 g/mol. The summed E-state index contributed by atoms with van der Waals surface area (Å²) in [4.78, 5) is 2.50. The molecule has 1 unspecified atom stereocenters. The number of fused-ring (bicyclic) bond motifs is 3. The fourth-order valence-electron chi connectivity index (χ4n) is 8.37. The van der Waals surface area contributed by atoms with Crippen molar-refractivity contribution in [3.8, 4) is 44.5 Å². The Bertz CT molecular complexity index is 2450. The molecule has 0 saturated carbocycles. The second kappa shape index (κ2) is 13.2. The van der Waals surface area contributed by atoms with E-state index in [1.165, 1.54) is 66.9 Å². The highest BCUT2D eigenvalue weighted by Crippen LogP contribution is 2.51. The number of rotatable bonds is 7. The minimum Gasteiger partial charge on any atom is -0.310 e. The van der Waals surface area contributed by atoms with Crippen LogP contribution in [-0.2, 0) is 5.41 Å². The van der Waals surface area contributed by atoms with Gasteiger partial charge in [0.05, 0.1) is 5.69 Å². The number of allylic oxidation sites excluding steroid dienone is 3. The largest absolute Gasteiger partial charge is 0.310 e. The van der Waals surface area contributed by atoms with Gasteiger partial charge >= 0.3 is 0 Å². The first-order valence-electron chi connectivity index (χ1n) is 18.4. The van der Waals surface area contributed by atoms with Gasteiger partial charge in [-0.05, 0) is 92.4 Å². The van der Waals surface area contributed by atoms with Crippen LogP contribution in [0.3, 0.4) is 0 Å². The fourth-order valence-corrected chi connectivity index (χ4v) is 8.37. The number of hydrogen-bond donors (Lipinski definition) is 0. The van der Waals surface area contributed by atoms with E-state index in [0.29, 0.717) is 5.92 Å². The summed E-state index contributed by atoms with van der Waals surface area (Å²) in [7, 11) is 0. The van der Waals surface area contributed by atoms with E-state index < -0.39 is 0 Å². The van der Waals surface area contributed by atoms with Crippen molar-refractivity contribution in [2.24, 2.45) is 0 Å². The first-order valence-corrected chi connectivity index (χ1v) is 18.4. The van der Waals surface area contributed by atoms with Crippen LogP contribution >= 0.6 is 0 Å². The number of nitrogens with zero attached hydrogens (tertiary/aromatic N) is 1. The maximum absolute atomic E-state index is 2.50. The van der Waals surface area contributed by atoms with Crippen LogP contribution in [0.2, 0.25) is 0 Å². The van der Waals surface area contributed by atoms with Gasteiger partial charge in [-0.1, -0.05) is 178 Å². The van der Waals surface area contributed by atoms with E-state index in [2.05, 4.69) is 213 Å². The molecule has 7 aromatic rings. The van der Waals surface area contributed by atoms with Gasteiger partial charge in [-0.15, -0.1) is 0 Å². The quantitative estimate of drug-likeness (QED) is 0.164. The van der Waals surface area contributed by atoms with E-state index in [4.69, 9.17) is 0 Å². The Hall–Kier alpha value is -6.18. The van der Waals surface area contributed by atoms with Gasteiger partial charge in [-0.25, -0.2) is 0 Å². The highest BCUT2D eigenvalue weighted by molar-refractivity contribution is 5.97. The molecule has 0 bridgehead atoms. The Labute approximate surface area is 307 Å².